The lowest BCUT2D eigenvalue weighted by atomic mass is 10.00. The molecule has 2 aromatic carbocycles. The van der Waals surface area contributed by atoms with Gasteiger partial charge in [0.05, 0.1) is 6.26 Å². The molecule has 2 atom stereocenters. The van der Waals surface area contributed by atoms with Gasteiger partial charge >= 0.3 is 0 Å². The van der Waals surface area contributed by atoms with E-state index in [4.69, 9.17) is 4.42 Å². The second kappa shape index (κ2) is 7.58. The van der Waals surface area contributed by atoms with E-state index in [0.29, 0.717) is 6.04 Å². The van der Waals surface area contributed by atoms with E-state index in [-0.39, 0.29) is 18.0 Å². The first-order chi connectivity index (χ1) is 12.8. The van der Waals surface area contributed by atoms with Gasteiger partial charge in [0.2, 0.25) is 0 Å². The van der Waals surface area contributed by atoms with Gasteiger partial charge in [-0.2, -0.15) is 0 Å². The number of hydrogen-bond acceptors (Lipinski definition) is 2. The lowest BCUT2D eigenvalue weighted by Crippen LogP contribution is -2.88. The van der Waals surface area contributed by atoms with E-state index in [1.807, 2.05) is 60.7 Å². The van der Waals surface area contributed by atoms with Crippen LogP contribution in [0.3, 0.4) is 0 Å². The fourth-order valence-corrected chi connectivity index (χ4v) is 3.22. The fraction of sp³-hybridized carbons (Fsp3) is 0.227. The van der Waals surface area contributed by atoms with E-state index in [0.717, 1.165) is 29.7 Å². The molecule has 4 nitrogen and oxygen atoms in total. The summed E-state index contributed by atoms with van der Waals surface area (Å²) < 4.78 is 5.70. The summed E-state index contributed by atoms with van der Waals surface area (Å²) in [7, 11) is 0. The molecule has 0 aliphatic heterocycles. The highest BCUT2D eigenvalue weighted by molar-refractivity contribution is 5.82. The molecule has 0 spiro atoms. The molecular weight excluding hydrogens is 324 g/mol. The summed E-state index contributed by atoms with van der Waals surface area (Å²) in [4.78, 5) is 13.0. The van der Waals surface area contributed by atoms with Gasteiger partial charge in [-0.1, -0.05) is 60.7 Å². The number of rotatable bonds is 7. The summed E-state index contributed by atoms with van der Waals surface area (Å²) in [5.41, 5.74) is 2.11. The van der Waals surface area contributed by atoms with Crippen molar-refractivity contribution in [2.75, 3.05) is 0 Å². The molecule has 4 heteroatoms. The van der Waals surface area contributed by atoms with E-state index in [9.17, 15) is 4.79 Å². The highest BCUT2D eigenvalue weighted by Gasteiger charge is 2.34. The lowest BCUT2D eigenvalue weighted by molar-refractivity contribution is -0.715. The Labute approximate surface area is 153 Å². The lowest BCUT2D eigenvalue weighted by Gasteiger charge is -2.21. The second-order valence-corrected chi connectivity index (χ2v) is 6.77. The van der Waals surface area contributed by atoms with Gasteiger partial charge in [-0.3, -0.25) is 4.79 Å². The molecular formula is C22H23N2O2+. The van der Waals surface area contributed by atoms with Crippen LogP contribution in [0.25, 0.3) is 0 Å². The van der Waals surface area contributed by atoms with Crippen LogP contribution in [0.15, 0.2) is 83.5 Å². The molecule has 1 aliphatic carbocycles. The Morgan fingerprint density at radius 3 is 2.15 bits per heavy atom. The Morgan fingerprint density at radius 1 is 0.923 bits per heavy atom. The van der Waals surface area contributed by atoms with E-state index >= 15 is 0 Å². The van der Waals surface area contributed by atoms with Gasteiger partial charge < -0.3 is 15.1 Å². The van der Waals surface area contributed by atoms with Crippen LogP contribution in [0.5, 0.6) is 0 Å². The summed E-state index contributed by atoms with van der Waals surface area (Å²) in [5, 5.41) is 5.25. The molecule has 1 saturated carbocycles. The predicted octanol–water partition coefficient (Wildman–Crippen LogP) is 2.95. The maximum absolute atomic E-state index is 13.0. The summed E-state index contributed by atoms with van der Waals surface area (Å²) in [6, 6.07) is 23.9. The smallest absolute Gasteiger partial charge is 0.283 e. The molecule has 1 amide bonds. The largest absolute Gasteiger partial charge is 0.463 e. The van der Waals surface area contributed by atoms with Crippen LogP contribution in [-0.4, -0.2) is 11.9 Å². The number of nitrogens with one attached hydrogen (secondary N) is 1. The minimum atomic E-state index is -0.327. The molecule has 1 heterocycles. The van der Waals surface area contributed by atoms with Crippen LogP contribution in [0, 0.1) is 0 Å². The number of amides is 1. The summed E-state index contributed by atoms with van der Waals surface area (Å²) >= 11 is 0. The van der Waals surface area contributed by atoms with Crippen LogP contribution in [0.1, 0.15) is 41.8 Å². The molecule has 1 aromatic heterocycles. The maximum Gasteiger partial charge on any atom is 0.283 e. The van der Waals surface area contributed by atoms with Crippen LogP contribution in [0.4, 0.5) is 0 Å². The molecule has 3 N–H and O–H groups in total. The maximum atomic E-state index is 13.0. The molecule has 0 bridgehead atoms. The highest BCUT2D eigenvalue weighted by atomic mass is 16.3. The Kier molecular flexibility index (Phi) is 4.84. The van der Waals surface area contributed by atoms with Gasteiger partial charge in [0.25, 0.3) is 5.91 Å². The van der Waals surface area contributed by atoms with Crippen LogP contribution in [-0.2, 0) is 4.79 Å². The van der Waals surface area contributed by atoms with Gasteiger partial charge in [-0.15, -0.1) is 0 Å². The quantitative estimate of drug-likeness (QED) is 0.690. The fourth-order valence-electron chi connectivity index (χ4n) is 3.22. The minimum absolute atomic E-state index is 0.0613. The number of benzene rings is 2. The number of nitrogens with two attached hydrogens (primary N) is 1. The highest BCUT2D eigenvalue weighted by Crippen LogP contribution is 2.23. The Balaban J connectivity index is 1.66. The number of carbonyl (C=O) groups excluding carboxylic acids is 1. The van der Waals surface area contributed by atoms with Gasteiger partial charge in [0.1, 0.15) is 0 Å². The second-order valence-electron chi connectivity index (χ2n) is 6.77. The van der Waals surface area contributed by atoms with Crippen molar-refractivity contribution >= 4 is 5.91 Å². The number of quaternary nitrogens is 1. The van der Waals surface area contributed by atoms with E-state index in [1.165, 1.54) is 0 Å². The zero-order valence-electron chi connectivity index (χ0n) is 14.5. The van der Waals surface area contributed by atoms with Gasteiger partial charge in [-0.05, 0) is 25.0 Å². The van der Waals surface area contributed by atoms with Crippen molar-refractivity contribution in [3.05, 3.63) is 95.9 Å². The molecule has 3 aromatic rings. The van der Waals surface area contributed by atoms with E-state index < -0.39 is 0 Å². The molecule has 0 saturated heterocycles. The van der Waals surface area contributed by atoms with Gasteiger partial charge in [0, 0.05) is 17.2 Å². The van der Waals surface area contributed by atoms with Crippen molar-refractivity contribution in [3.63, 3.8) is 0 Å². The average Bonchev–Trinajstić information content (AvgIpc) is 3.33. The van der Waals surface area contributed by atoms with Crippen LogP contribution >= 0.6 is 0 Å². The molecule has 132 valence electrons. The molecule has 0 radical (unpaired) electrons. The summed E-state index contributed by atoms with van der Waals surface area (Å²) in [6.07, 6.45) is 3.84. The normalized spacial score (nSPS) is 16.0. The SMILES string of the molecule is O=C(NC1CC1)[C@@H]([NH2+][C@@H](c1ccccc1)c1ccco1)c1ccccc1. The molecule has 0 unspecified atom stereocenters. The third-order valence-corrected chi connectivity index (χ3v) is 4.76. The Morgan fingerprint density at radius 2 is 1.58 bits per heavy atom. The zero-order valence-corrected chi connectivity index (χ0v) is 14.5. The molecule has 1 aliphatic rings. The number of furan rings is 1. The standard InChI is InChI=1S/C22H22N2O2/c25-22(23-18-13-14-18)21(17-10-5-2-6-11-17)24-20(19-12-7-15-26-19)16-8-3-1-4-9-16/h1-12,15,18,20-21,24H,13-14H2,(H,23,25)/p+1/t20-,21-/m0/s1. The van der Waals surface area contributed by atoms with Crippen molar-refractivity contribution in [1.29, 1.82) is 0 Å². The van der Waals surface area contributed by atoms with Crippen LogP contribution in [0.2, 0.25) is 0 Å². The van der Waals surface area contributed by atoms with Crippen molar-refractivity contribution in [1.82, 2.24) is 5.32 Å². The van der Waals surface area contributed by atoms with Crippen molar-refractivity contribution in [3.8, 4) is 0 Å². The third-order valence-electron chi connectivity index (χ3n) is 4.76. The molecule has 4 rings (SSSR count). The topological polar surface area (TPSA) is 58.9 Å². The third kappa shape index (κ3) is 3.86. The molecule has 26 heavy (non-hydrogen) atoms. The van der Waals surface area contributed by atoms with Gasteiger partial charge in [0.15, 0.2) is 17.8 Å². The summed E-state index contributed by atoms with van der Waals surface area (Å²) in [5.74, 6) is 0.905. The number of carbonyl (C=O) groups is 1. The van der Waals surface area contributed by atoms with Crippen molar-refractivity contribution in [2.45, 2.75) is 31.0 Å². The van der Waals surface area contributed by atoms with Crippen LogP contribution < -0.4 is 10.6 Å². The first-order valence-electron chi connectivity index (χ1n) is 9.10. The zero-order chi connectivity index (χ0) is 17.8. The van der Waals surface area contributed by atoms with Crippen molar-refractivity contribution in [2.24, 2.45) is 0 Å². The first-order valence-corrected chi connectivity index (χ1v) is 9.10. The van der Waals surface area contributed by atoms with Gasteiger partial charge in [-0.25, -0.2) is 0 Å². The number of hydrogen-bond donors (Lipinski definition) is 2. The minimum Gasteiger partial charge on any atom is -0.463 e. The Bertz CT molecular complexity index is 827. The molecule has 1 fully saturated rings. The van der Waals surface area contributed by atoms with E-state index in [1.54, 1.807) is 6.26 Å². The Hall–Kier alpha value is -2.85. The first kappa shape index (κ1) is 16.6. The predicted molar refractivity (Wildman–Crippen MR) is 99.3 cm³/mol. The average molecular weight is 347 g/mol. The van der Waals surface area contributed by atoms with Crippen molar-refractivity contribution < 1.29 is 14.5 Å². The monoisotopic (exact) mass is 347 g/mol. The van der Waals surface area contributed by atoms with E-state index in [2.05, 4.69) is 22.8 Å². The summed E-state index contributed by atoms with van der Waals surface area (Å²) in [6.45, 7) is 0.